The molecule has 0 spiro atoms. The lowest BCUT2D eigenvalue weighted by molar-refractivity contribution is 0.0791. The van der Waals surface area contributed by atoms with Crippen molar-refractivity contribution >= 4 is 34.7 Å². The van der Waals surface area contributed by atoms with Crippen molar-refractivity contribution in [2.75, 3.05) is 18.4 Å². The SMILES string of the molecule is Cc1c(NC(=O)c2ccc(CNC(=O)c3cccs3)cc2)cccc1C(=O)N1CCCC1. The van der Waals surface area contributed by atoms with Gasteiger partial charge in [-0.05, 0) is 66.6 Å². The molecule has 0 atom stereocenters. The van der Waals surface area contributed by atoms with Crippen molar-refractivity contribution in [1.29, 1.82) is 0 Å². The molecule has 32 heavy (non-hydrogen) atoms. The maximum atomic E-state index is 12.8. The van der Waals surface area contributed by atoms with E-state index in [0.717, 1.165) is 37.1 Å². The average molecular weight is 448 g/mol. The molecule has 6 nitrogen and oxygen atoms in total. The topological polar surface area (TPSA) is 78.5 Å². The van der Waals surface area contributed by atoms with Gasteiger partial charge in [0.1, 0.15) is 0 Å². The zero-order valence-electron chi connectivity index (χ0n) is 17.9. The van der Waals surface area contributed by atoms with Crippen LogP contribution in [-0.4, -0.2) is 35.7 Å². The van der Waals surface area contributed by atoms with Crippen molar-refractivity contribution in [1.82, 2.24) is 10.2 Å². The van der Waals surface area contributed by atoms with E-state index in [-0.39, 0.29) is 17.7 Å². The second kappa shape index (κ2) is 9.78. The first-order valence-electron chi connectivity index (χ1n) is 10.6. The Morgan fingerprint density at radius 2 is 1.69 bits per heavy atom. The van der Waals surface area contributed by atoms with Crippen LogP contribution in [0.2, 0.25) is 0 Å². The first-order chi connectivity index (χ1) is 15.5. The third-order valence-corrected chi connectivity index (χ3v) is 6.49. The summed E-state index contributed by atoms with van der Waals surface area (Å²) in [7, 11) is 0. The summed E-state index contributed by atoms with van der Waals surface area (Å²) >= 11 is 1.40. The summed E-state index contributed by atoms with van der Waals surface area (Å²) in [6.07, 6.45) is 2.07. The molecule has 4 rings (SSSR count). The molecule has 2 aromatic carbocycles. The van der Waals surface area contributed by atoms with Crippen molar-refractivity contribution in [3.8, 4) is 0 Å². The Morgan fingerprint density at radius 3 is 2.38 bits per heavy atom. The zero-order chi connectivity index (χ0) is 22.5. The fraction of sp³-hybridized carbons (Fsp3) is 0.240. The van der Waals surface area contributed by atoms with Gasteiger partial charge in [0.05, 0.1) is 4.88 Å². The Hall–Kier alpha value is -3.45. The molecule has 0 radical (unpaired) electrons. The second-order valence-corrected chi connectivity index (χ2v) is 8.74. The van der Waals surface area contributed by atoms with Crippen LogP contribution < -0.4 is 10.6 Å². The van der Waals surface area contributed by atoms with Gasteiger partial charge in [-0.1, -0.05) is 24.3 Å². The van der Waals surface area contributed by atoms with E-state index in [2.05, 4.69) is 10.6 Å². The Kier molecular flexibility index (Phi) is 6.66. The van der Waals surface area contributed by atoms with Gasteiger partial charge < -0.3 is 15.5 Å². The number of anilines is 1. The van der Waals surface area contributed by atoms with Crippen LogP contribution in [0.5, 0.6) is 0 Å². The summed E-state index contributed by atoms with van der Waals surface area (Å²) in [5, 5.41) is 7.66. The fourth-order valence-corrected chi connectivity index (χ4v) is 4.38. The van der Waals surface area contributed by atoms with Crippen LogP contribution in [-0.2, 0) is 6.54 Å². The highest BCUT2D eigenvalue weighted by Gasteiger charge is 2.22. The zero-order valence-corrected chi connectivity index (χ0v) is 18.7. The average Bonchev–Trinajstić information content (AvgIpc) is 3.53. The smallest absolute Gasteiger partial charge is 0.261 e. The van der Waals surface area contributed by atoms with Crippen LogP contribution in [0.3, 0.4) is 0 Å². The largest absolute Gasteiger partial charge is 0.347 e. The van der Waals surface area contributed by atoms with E-state index in [1.54, 1.807) is 24.3 Å². The molecule has 1 aliphatic heterocycles. The highest BCUT2D eigenvalue weighted by molar-refractivity contribution is 7.12. The number of hydrogen-bond acceptors (Lipinski definition) is 4. The number of thiophene rings is 1. The Balaban J connectivity index is 1.39. The first-order valence-corrected chi connectivity index (χ1v) is 11.5. The number of carbonyl (C=O) groups excluding carboxylic acids is 3. The van der Waals surface area contributed by atoms with Gasteiger partial charge >= 0.3 is 0 Å². The molecule has 1 saturated heterocycles. The quantitative estimate of drug-likeness (QED) is 0.585. The van der Waals surface area contributed by atoms with Crippen molar-refractivity contribution in [3.63, 3.8) is 0 Å². The number of hydrogen-bond donors (Lipinski definition) is 2. The van der Waals surface area contributed by atoms with Gasteiger partial charge in [0.25, 0.3) is 17.7 Å². The van der Waals surface area contributed by atoms with E-state index in [1.807, 2.05) is 47.5 Å². The fourth-order valence-electron chi connectivity index (χ4n) is 3.74. The van der Waals surface area contributed by atoms with Gasteiger partial charge in [0.2, 0.25) is 0 Å². The predicted molar refractivity (Wildman–Crippen MR) is 126 cm³/mol. The van der Waals surface area contributed by atoms with Crippen LogP contribution in [0.25, 0.3) is 0 Å². The molecular formula is C25H25N3O3S. The highest BCUT2D eigenvalue weighted by atomic mass is 32.1. The molecule has 0 unspecified atom stereocenters. The minimum absolute atomic E-state index is 0.0186. The van der Waals surface area contributed by atoms with E-state index in [0.29, 0.717) is 28.2 Å². The normalized spacial score (nSPS) is 13.1. The number of amides is 3. The van der Waals surface area contributed by atoms with Gasteiger partial charge in [0.15, 0.2) is 0 Å². The Labute approximate surface area is 191 Å². The number of carbonyl (C=O) groups is 3. The minimum Gasteiger partial charge on any atom is -0.347 e. The third kappa shape index (κ3) is 4.89. The molecule has 2 heterocycles. The molecule has 7 heteroatoms. The first kappa shape index (κ1) is 21.8. The van der Waals surface area contributed by atoms with Crippen molar-refractivity contribution in [2.24, 2.45) is 0 Å². The lowest BCUT2D eigenvalue weighted by Crippen LogP contribution is -2.28. The molecule has 3 aromatic rings. The van der Waals surface area contributed by atoms with Crippen molar-refractivity contribution in [2.45, 2.75) is 26.3 Å². The van der Waals surface area contributed by atoms with Gasteiger partial charge in [-0.2, -0.15) is 0 Å². The number of likely N-dealkylation sites (tertiary alicyclic amines) is 1. The number of nitrogens with zero attached hydrogens (tertiary/aromatic N) is 1. The van der Waals surface area contributed by atoms with Gasteiger partial charge in [0, 0.05) is 36.4 Å². The third-order valence-electron chi connectivity index (χ3n) is 5.62. The summed E-state index contributed by atoms with van der Waals surface area (Å²) in [4.78, 5) is 40.1. The minimum atomic E-state index is -0.243. The van der Waals surface area contributed by atoms with Crippen LogP contribution in [0.4, 0.5) is 5.69 Å². The summed E-state index contributed by atoms with van der Waals surface area (Å²) < 4.78 is 0. The number of benzene rings is 2. The van der Waals surface area contributed by atoms with Crippen LogP contribution in [0, 0.1) is 6.92 Å². The van der Waals surface area contributed by atoms with Gasteiger partial charge in [-0.25, -0.2) is 0 Å². The summed E-state index contributed by atoms with van der Waals surface area (Å²) in [5.41, 5.74) is 3.44. The maximum absolute atomic E-state index is 12.8. The number of rotatable bonds is 6. The molecule has 164 valence electrons. The van der Waals surface area contributed by atoms with E-state index in [1.165, 1.54) is 11.3 Å². The highest BCUT2D eigenvalue weighted by Crippen LogP contribution is 2.23. The standard InChI is InChI=1S/C25H25N3O3S/c1-17-20(25(31)28-13-2-3-14-28)6-4-7-21(17)27-23(29)19-11-9-18(10-12-19)16-26-24(30)22-8-5-15-32-22/h4-12,15H,2-3,13-14,16H2,1H3,(H,26,30)(H,27,29). The molecule has 2 N–H and O–H groups in total. The second-order valence-electron chi connectivity index (χ2n) is 7.79. The summed E-state index contributed by atoms with van der Waals surface area (Å²) in [5.74, 6) is -0.334. The van der Waals surface area contributed by atoms with E-state index in [9.17, 15) is 14.4 Å². The van der Waals surface area contributed by atoms with Crippen LogP contribution >= 0.6 is 11.3 Å². The van der Waals surface area contributed by atoms with Crippen LogP contribution in [0.1, 0.15) is 54.4 Å². The summed E-state index contributed by atoms with van der Waals surface area (Å²) in [6, 6.07) is 16.1. The molecule has 1 aromatic heterocycles. The molecule has 0 aliphatic carbocycles. The van der Waals surface area contributed by atoms with Crippen molar-refractivity contribution < 1.29 is 14.4 Å². The molecule has 3 amide bonds. The summed E-state index contributed by atoms with van der Waals surface area (Å²) in [6.45, 7) is 3.82. The molecule has 0 saturated carbocycles. The number of nitrogens with one attached hydrogen (secondary N) is 2. The lowest BCUT2D eigenvalue weighted by Gasteiger charge is -2.18. The van der Waals surface area contributed by atoms with E-state index < -0.39 is 0 Å². The van der Waals surface area contributed by atoms with Crippen molar-refractivity contribution in [3.05, 3.63) is 87.1 Å². The predicted octanol–water partition coefficient (Wildman–Crippen LogP) is 4.47. The Morgan fingerprint density at radius 1 is 0.938 bits per heavy atom. The van der Waals surface area contributed by atoms with Gasteiger partial charge in [-0.15, -0.1) is 11.3 Å². The van der Waals surface area contributed by atoms with E-state index >= 15 is 0 Å². The molecule has 0 bridgehead atoms. The van der Waals surface area contributed by atoms with Crippen LogP contribution in [0.15, 0.2) is 60.0 Å². The maximum Gasteiger partial charge on any atom is 0.261 e. The van der Waals surface area contributed by atoms with Gasteiger partial charge in [-0.3, -0.25) is 14.4 Å². The lowest BCUT2D eigenvalue weighted by atomic mass is 10.0. The van der Waals surface area contributed by atoms with E-state index in [4.69, 9.17) is 0 Å². The monoisotopic (exact) mass is 447 g/mol. The molecule has 1 aliphatic rings. The molecular weight excluding hydrogens is 422 g/mol. The Bertz CT molecular complexity index is 1120. The molecule has 1 fully saturated rings.